The smallest absolute Gasteiger partial charge is 0.241 e. The molecule has 1 aliphatic heterocycles. The van der Waals surface area contributed by atoms with Crippen molar-refractivity contribution in [2.45, 2.75) is 37.6 Å². The van der Waals surface area contributed by atoms with Crippen LogP contribution in [0.5, 0.6) is 0 Å². The number of aryl methyl sites for hydroxylation is 2. The average Bonchev–Trinajstić information content (AvgIpc) is 2.25. The number of benzene rings is 1. The topological polar surface area (TPSA) is 49.4 Å². The van der Waals surface area contributed by atoms with Crippen LogP contribution in [-0.4, -0.2) is 39.5 Å². The van der Waals surface area contributed by atoms with Gasteiger partial charge >= 0.3 is 0 Å². The molecule has 0 saturated carbocycles. The molecule has 1 fully saturated rings. The van der Waals surface area contributed by atoms with Crippen molar-refractivity contribution in [1.29, 1.82) is 0 Å². The highest BCUT2D eigenvalue weighted by Gasteiger charge is 2.26. The quantitative estimate of drug-likeness (QED) is 0.926. The van der Waals surface area contributed by atoms with Gasteiger partial charge in [0.1, 0.15) is 5.82 Å². The highest BCUT2D eigenvalue weighted by molar-refractivity contribution is 7.89. The molecule has 0 spiro atoms. The number of hydrogen-bond acceptors (Lipinski definition) is 3. The predicted molar refractivity (Wildman–Crippen MR) is 76.7 cm³/mol. The maximum absolute atomic E-state index is 13.3. The van der Waals surface area contributed by atoms with Crippen LogP contribution in [0.2, 0.25) is 0 Å². The van der Waals surface area contributed by atoms with Gasteiger partial charge in [0.15, 0.2) is 0 Å². The van der Waals surface area contributed by atoms with Crippen LogP contribution in [0.3, 0.4) is 0 Å². The molecular formula is C14H21FN2O2S. The monoisotopic (exact) mass is 300 g/mol. The van der Waals surface area contributed by atoms with Gasteiger partial charge in [0, 0.05) is 12.6 Å². The summed E-state index contributed by atoms with van der Waals surface area (Å²) < 4.78 is 41.1. The van der Waals surface area contributed by atoms with Crippen molar-refractivity contribution in [3.05, 3.63) is 29.1 Å². The molecule has 1 aliphatic rings. The average molecular weight is 300 g/mol. The van der Waals surface area contributed by atoms with Crippen molar-refractivity contribution >= 4 is 10.0 Å². The summed E-state index contributed by atoms with van der Waals surface area (Å²) in [6, 6.07) is 2.44. The van der Waals surface area contributed by atoms with E-state index in [0.29, 0.717) is 17.7 Å². The van der Waals surface area contributed by atoms with E-state index in [9.17, 15) is 12.8 Å². The molecule has 1 unspecified atom stereocenters. The first-order valence-corrected chi connectivity index (χ1v) is 8.25. The first kappa shape index (κ1) is 15.4. The predicted octanol–water partition coefficient (Wildman–Crippen LogP) is 1.82. The second-order valence-corrected chi connectivity index (χ2v) is 7.24. The summed E-state index contributed by atoms with van der Waals surface area (Å²) in [6.45, 7) is 4.95. The summed E-state index contributed by atoms with van der Waals surface area (Å²) in [5.41, 5.74) is 0.887. The van der Waals surface area contributed by atoms with Crippen molar-refractivity contribution in [2.24, 2.45) is 0 Å². The Bertz CT molecular complexity index is 578. The Morgan fingerprint density at radius 1 is 1.30 bits per heavy atom. The van der Waals surface area contributed by atoms with E-state index in [1.54, 1.807) is 13.8 Å². The van der Waals surface area contributed by atoms with Crippen molar-refractivity contribution in [3.8, 4) is 0 Å². The van der Waals surface area contributed by atoms with E-state index in [0.717, 1.165) is 19.4 Å². The Labute approximate surface area is 120 Å². The highest BCUT2D eigenvalue weighted by Crippen LogP contribution is 2.22. The molecule has 0 aliphatic carbocycles. The van der Waals surface area contributed by atoms with Crippen molar-refractivity contribution in [2.75, 3.05) is 20.1 Å². The zero-order valence-corrected chi connectivity index (χ0v) is 12.9. The maximum Gasteiger partial charge on any atom is 0.241 e. The molecule has 1 saturated heterocycles. The minimum absolute atomic E-state index is 0.0809. The molecule has 20 heavy (non-hydrogen) atoms. The molecule has 0 bridgehead atoms. The van der Waals surface area contributed by atoms with Crippen LogP contribution in [0.1, 0.15) is 24.0 Å². The van der Waals surface area contributed by atoms with E-state index in [-0.39, 0.29) is 10.9 Å². The molecule has 4 nitrogen and oxygen atoms in total. The van der Waals surface area contributed by atoms with Crippen LogP contribution in [-0.2, 0) is 10.0 Å². The Hall–Kier alpha value is -0.980. The zero-order valence-electron chi connectivity index (χ0n) is 12.1. The summed E-state index contributed by atoms with van der Waals surface area (Å²) >= 11 is 0. The summed E-state index contributed by atoms with van der Waals surface area (Å²) in [7, 11) is -1.62. The fraction of sp³-hybridized carbons (Fsp3) is 0.571. The number of hydrogen-bond donors (Lipinski definition) is 1. The lowest BCUT2D eigenvalue weighted by Gasteiger charge is -2.30. The Morgan fingerprint density at radius 2 is 1.90 bits per heavy atom. The third kappa shape index (κ3) is 3.37. The normalized spacial score (nSPS) is 21.1. The number of sulfonamides is 1. The number of likely N-dealkylation sites (tertiary alicyclic amines) is 1. The van der Waals surface area contributed by atoms with Crippen LogP contribution in [0.15, 0.2) is 17.0 Å². The molecule has 1 aromatic rings. The lowest BCUT2D eigenvalue weighted by atomic mass is 10.1. The van der Waals surface area contributed by atoms with E-state index in [1.807, 2.05) is 7.05 Å². The number of rotatable bonds is 3. The largest absolute Gasteiger partial charge is 0.305 e. The van der Waals surface area contributed by atoms with Gasteiger partial charge < -0.3 is 4.90 Å². The second kappa shape index (κ2) is 5.79. The molecule has 1 atom stereocenters. The van der Waals surface area contributed by atoms with Gasteiger partial charge in [-0.3, -0.25) is 0 Å². The Kier molecular flexibility index (Phi) is 4.46. The van der Waals surface area contributed by atoms with Crippen molar-refractivity contribution in [3.63, 3.8) is 0 Å². The Balaban J connectivity index is 2.27. The lowest BCUT2D eigenvalue weighted by molar-refractivity contribution is 0.242. The molecule has 6 heteroatoms. The van der Waals surface area contributed by atoms with Gasteiger partial charge in [-0.05, 0) is 63.5 Å². The van der Waals surface area contributed by atoms with Crippen LogP contribution < -0.4 is 4.72 Å². The van der Waals surface area contributed by atoms with Gasteiger partial charge in [0.05, 0.1) is 4.90 Å². The van der Waals surface area contributed by atoms with Crippen LogP contribution in [0.25, 0.3) is 0 Å². The fourth-order valence-corrected chi connectivity index (χ4v) is 4.58. The maximum atomic E-state index is 13.3. The van der Waals surface area contributed by atoms with Gasteiger partial charge in [-0.2, -0.15) is 0 Å². The Morgan fingerprint density at radius 3 is 2.45 bits per heavy atom. The van der Waals surface area contributed by atoms with Crippen LogP contribution >= 0.6 is 0 Å². The molecule has 2 rings (SSSR count). The van der Waals surface area contributed by atoms with Crippen molar-refractivity contribution < 1.29 is 12.8 Å². The van der Waals surface area contributed by atoms with E-state index in [1.165, 1.54) is 12.1 Å². The van der Waals surface area contributed by atoms with E-state index >= 15 is 0 Å². The summed E-state index contributed by atoms with van der Waals surface area (Å²) in [6.07, 6.45) is 1.81. The van der Waals surface area contributed by atoms with Gasteiger partial charge in [0.25, 0.3) is 0 Å². The molecule has 1 aromatic carbocycles. The standard InChI is InChI=1S/C14H21FN2O2S/c1-10-7-12(15)8-11(2)14(10)20(18,19)16-13-5-4-6-17(3)9-13/h7-8,13,16H,4-6,9H2,1-3H3. The minimum Gasteiger partial charge on any atom is -0.305 e. The fourth-order valence-electron chi connectivity index (χ4n) is 2.86. The number of halogens is 1. The van der Waals surface area contributed by atoms with Gasteiger partial charge in [0.2, 0.25) is 10.0 Å². The molecule has 112 valence electrons. The number of nitrogens with zero attached hydrogens (tertiary/aromatic N) is 1. The van der Waals surface area contributed by atoms with Crippen LogP contribution in [0, 0.1) is 19.7 Å². The summed E-state index contributed by atoms with van der Waals surface area (Å²) in [5.74, 6) is -0.406. The SMILES string of the molecule is Cc1cc(F)cc(C)c1S(=O)(=O)NC1CCCN(C)C1. The third-order valence-electron chi connectivity index (χ3n) is 3.64. The second-order valence-electron chi connectivity index (χ2n) is 5.59. The number of piperidine rings is 1. The summed E-state index contributed by atoms with van der Waals surface area (Å²) in [5, 5.41) is 0. The van der Waals surface area contributed by atoms with Gasteiger partial charge in [-0.15, -0.1) is 0 Å². The minimum atomic E-state index is -3.60. The van der Waals surface area contributed by atoms with E-state index < -0.39 is 15.8 Å². The lowest BCUT2D eigenvalue weighted by Crippen LogP contribution is -2.46. The third-order valence-corrected chi connectivity index (χ3v) is 5.47. The van der Waals surface area contributed by atoms with Crippen molar-refractivity contribution in [1.82, 2.24) is 9.62 Å². The molecule has 0 radical (unpaired) electrons. The van der Waals surface area contributed by atoms with Crippen LogP contribution in [0.4, 0.5) is 4.39 Å². The molecule has 1 N–H and O–H groups in total. The first-order valence-electron chi connectivity index (χ1n) is 6.77. The van der Waals surface area contributed by atoms with Gasteiger partial charge in [-0.25, -0.2) is 17.5 Å². The van der Waals surface area contributed by atoms with E-state index in [2.05, 4.69) is 9.62 Å². The molecule has 1 heterocycles. The first-order chi connectivity index (χ1) is 9.29. The summed E-state index contributed by atoms with van der Waals surface area (Å²) in [4.78, 5) is 2.31. The number of likely N-dealkylation sites (N-methyl/N-ethyl adjacent to an activating group) is 1. The zero-order chi connectivity index (χ0) is 14.9. The molecular weight excluding hydrogens is 279 g/mol. The van der Waals surface area contributed by atoms with E-state index in [4.69, 9.17) is 0 Å². The molecule has 0 amide bonds. The number of nitrogens with one attached hydrogen (secondary N) is 1. The highest BCUT2D eigenvalue weighted by atomic mass is 32.2. The van der Waals surface area contributed by atoms with Gasteiger partial charge in [-0.1, -0.05) is 0 Å². The molecule has 0 aromatic heterocycles.